The number of halogens is 2. The fourth-order valence-corrected chi connectivity index (χ4v) is 1.87. The number of ether oxygens (including phenoxy) is 1. The molecule has 1 heterocycles. The van der Waals surface area contributed by atoms with E-state index in [1.54, 1.807) is 0 Å². The molecule has 0 saturated heterocycles. The van der Waals surface area contributed by atoms with Crippen LogP contribution in [0.2, 0.25) is 0 Å². The molecule has 0 bridgehead atoms. The fraction of sp³-hybridized carbons (Fsp3) is 0.200. The molecule has 0 aliphatic heterocycles. The van der Waals surface area contributed by atoms with Crippen LogP contribution in [-0.2, 0) is 0 Å². The van der Waals surface area contributed by atoms with Crippen LogP contribution in [0.25, 0.3) is 11.3 Å². The van der Waals surface area contributed by atoms with Gasteiger partial charge in [0, 0.05) is 0 Å². The van der Waals surface area contributed by atoms with Crippen LogP contribution >= 0.6 is 0 Å². The molecule has 7 heteroatoms. The van der Waals surface area contributed by atoms with E-state index < -0.39 is 28.9 Å². The van der Waals surface area contributed by atoms with Gasteiger partial charge in [0.25, 0.3) is 0 Å². The predicted molar refractivity (Wildman–Crippen MR) is 76.7 cm³/mol. The Morgan fingerprint density at radius 3 is 2.68 bits per heavy atom. The third kappa shape index (κ3) is 2.98. The molecule has 22 heavy (non-hydrogen) atoms. The van der Waals surface area contributed by atoms with Crippen LogP contribution in [0.15, 0.2) is 24.3 Å². The van der Waals surface area contributed by atoms with Crippen molar-refractivity contribution >= 4 is 11.7 Å². The van der Waals surface area contributed by atoms with Gasteiger partial charge in [-0.15, -0.1) is 0 Å². The molecule has 0 aliphatic rings. The molecule has 0 atom stereocenters. The summed E-state index contributed by atoms with van der Waals surface area (Å²) in [6, 6.07) is 4.72. The smallest absolute Gasteiger partial charge is 0.356 e. The number of aromatic nitrogens is 1. The van der Waals surface area contributed by atoms with Crippen molar-refractivity contribution in [2.45, 2.75) is 13.3 Å². The third-order valence-corrected chi connectivity index (χ3v) is 2.90. The van der Waals surface area contributed by atoms with E-state index in [4.69, 9.17) is 15.6 Å². The van der Waals surface area contributed by atoms with Gasteiger partial charge in [0.1, 0.15) is 5.82 Å². The third-order valence-electron chi connectivity index (χ3n) is 2.90. The quantitative estimate of drug-likeness (QED) is 0.886. The number of nitrogens with zero attached hydrogens (tertiary/aromatic N) is 1. The van der Waals surface area contributed by atoms with Crippen molar-refractivity contribution in [2.75, 3.05) is 12.3 Å². The molecule has 0 amide bonds. The summed E-state index contributed by atoms with van der Waals surface area (Å²) >= 11 is 0. The predicted octanol–water partition coefficient (Wildman–Crippen LogP) is 3.10. The Hall–Kier alpha value is -2.70. The zero-order valence-electron chi connectivity index (χ0n) is 11.8. The van der Waals surface area contributed by atoms with Gasteiger partial charge in [-0.3, -0.25) is 0 Å². The minimum atomic E-state index is -1.38. The second-order valence-electron chi connectivity index (χ2n) is 4.52. The highest BCUT2D eigenvalue weighted by Gasteiger charge is 2.20. The first-order chi connectivity index (χ1) is 10.5. The van der Waals surface area contributed by atoms with Gasteiger partial charge in [0.05, 0.1) is 23.6 Å². The Kier molecular flexibility index (Phi) is 4.55. The van der Waals surface area contributed by atoms with Gasteiger partial charge in [-0.25, -0.2) is 18.6 Å². The van der Waals surface area contributed by atoms with Crippen molar-refractivity contribution in [1.82, 2.24) is 4.98 Å². The van der Waals surface area contributed by atoms with E-state index in [1.165, 1.54) is 18.2 Å². The van der Waals surface area contributed by atoms with Gasteiger partial charge < -0.3 is 15.6 Å². The van der Waals surface area contributed by atoms with E-state index in [0.29, 0.717) is 6.42 Å². The lowest BCUT2D eigenvalue weighted by Gasteiger charge is -2.11. The molecule has 1 aromatic carbocycles. The van der Waals surface area contributed by atoms with Crippen molar-refractivity contribution in [3.8, 4) is 17.0 Å². The fourth-order valence-electron chi connectivity index (χ4n) is 1.87. The van der Waals surface area contributed by atoms with Crippen LogP contribution in [0.1, 0.15) is 23.8 Å². The molecular formula is C15H14F2N2O3. The van der Waals surface area contributed by atoms with E-state index in [-0.39, 0.29) is 23.7 Å². The first-order valence-corrected chi connectivity index (χ1v) is 6.56. The average Bonchev–Trinajstić information content (AvgIpc) is 2.48. The van der Waals surface area contributed by atoms with Crippen molar-refractivity contribution < 1.29 is 23.4 Å². The van der Waals surface area contributed by atoms with Crippen LogP contribution in [0.3, 0.4) is 0 Å². The van der Waals surface area contributed by atoms with Crippen molar-refractivity contribution in [1.29, 1.82) is 0 Å². The molecule has 1 aromatic heterocycles. The van der Waals surface area contributed by atoms with E-state index in [9.17, 15) is 13.6 Å². The zero-order chi connectivity index (χ0) is 16.3. The monoisotopic (exact) mass is 308 g/mol. The number of nitrogens with two attached hydrogens (primary N) is 1. The minimum absolute atomic E-state index is 0.0875. The van der Waals surface area contributed by atoms with Crippen LogP contribution in [0.4, 0.5) is 14.5 Å². The Bertz CT molecular complexity index is 720. The standard InChI is InChI=1S/C15H14F2N2O3/c1-2-7-22-11-6-3-8(16)12(13(11)17)10-5-4-9(18)14(19-10)15(20)21/h3-6H,2,7,18H2,1H3,(H,20,21). The average molecular weight is 308 g/mol. The summed E-state index contributed by atoms with van der Waals surface area (Å²) in [6.07, 6.45) is 0.662. The lowest BCUT2D eigenvalue weighted by Crippen LogP contribution is -2.07. The Balaban J connectivity index is 2.57. The lowest BCUT2D eigenvalue weighted by molar-refractivity contribution is 0.0692. The molecule has 0 aliphatic carbocycles. The summed E-state index contributed by atoms with van der Waals surface area (Å²) in [5.41, 5.74) is 4.32. The maximum Gasteiger partial charge on any atom is 0.356 e. The number of nitrogen functional groups attached to an aromatic ring is 1. The first kappa shape index (κ1) is 15.7. The van der Waals surface area contributed by atoms with E-state index in [2.05, 4.69) is 4.98 Å². The van der Waals surface area contributed by atoms with Crippen molar-refractivity contribution in [3.63, 3.8) is 0 Å². The number of aromatic carboxylic acids is 1. The molecule has 2 aromatic rings. The second-order valence-corrected chi connectivity index (χ2v) is 4.52. The number of rotatable bonds is 5. The zero-order valence-corrected chi connectivity index (χ0v) is 11.8. The summed E-state index contributed by atoms with van der Waals surface area (Å²) in [7, 11) is 0. The van der Waals surface area contributed by atoms with E-state index >= 15 is 0 Å². The number of carbonyl (C=O) groups is 1. The largest absolute Gasteiger partial charge is 0.491 e. The number of hydrogen-bond acceptors (Lipinski definition) is 4. The van der Waals surface area contributed by atoms with Crippen LogP contribution in [0, 0.1) is 11.6 Å². The Labute approximate surface area is 125 Å². The molecule has 0 spiro atoms. The summed E-state index contributed by atoms with van der Waals surface area (Å²) in [5.74, 6) is -3.29. The number of carboxylic acid groups (broad SMARTS) is 1. The molecule has 116 valence electrons. The SMILES string of the molecule is CCCOc1ccc(F)c(-c2ccc(N)c(C(=O)O)n2)c1F. The Morgan fingerprint density at radius 2 is 2.05 bits per heavy atom. The molecule has 0 fully saturated rings. The van der Waals surface area contributed by atoms with Crippen molar-refractivity contribution in [3.05, 3.63) is 41.6 Å². The van der Waals surface area contributed by atoms with Crippen LogP contribution in [-0.4, -0.2) is 22.7 Å². The highest BCUT2D eigenvalue weighted by Crippen LogP contribution is 2.31. The molecule has 0 saturated carbocycles. The maximum atomic E-state index is 14.4. The number of anilines is 1. The van der Waals surface area contributed by atoms with Gasteiger partial charge in [-0.1, -0.05) is 6.92 Å². The van der Waals surface area contributed by atoms with E-state index in [0.717, 1.165) is 6.07 Å². The summed E-state index contributed by atoms with van der Waals surface area (Å²) < 4.78 is 33.5. The topological polar surface area (TPSA) is 85.4 Å². The first-order valence-electron chi connectivity index (χ1n) is 6.56. The lowest BCUT2D eigenvalue weighted by atomic mass is 10.1. The number of hydrogen-bond donors (Lipinski definition) is 2. The Morgan fingerprint density at radius 1 is 1.32 bits per heavy atom. The van der Waals surface area contributed by atoms with Crippen molar-refractivity contribution in [2.24, 2.45) is 0 Å². The van der Waals surface area contributed by atoms with E-state index in [1.807, 2.05) is 6.92 Å². The van der Waals surface area contributed by atoms with Crippen LogP contribution in [0.5, 0.6) is 5.75 Å². The normalized spacial score (nSPS) is 10.5. The minimum Gasteiger partial charge on any atom is -0.491 e. The highest BCUT2D eigenvalue weighted by atomic mass is 19.1. The summed E-state index contributed by atoms with van der Waals surface area (Å²) in [5, 5.41) is 8.99. The van der Waals surface area contributed by atoms with Gasteiger partial charge in [0.15, 0.2) is 17.3 Å². The molecule has 2 rings (SSSR count). The number of pyridine rings is 1. The number of benzene rings is 1. The highest BCUT2D eigenvalue weighted by molar-refractivity contribution is 5.92. The second kappa shape index (κ2) is 6.38. The van der Waals surface area contributed by atoms with Crippen LogP contribution < -0.4 is 10.5 Å². The van der Waals surface area contributed by atoms with Gasteiger partial charge in [0.2, 0.25) is 0 Å². The summed E-state index contributed by atoms with van der Waals surface area (Å²) in [4.78, 5) is 14.8. The molecule has 0 radical (unpaired) electrons. The maximum absolute atomic E-state index is 14.4. The molecule has 3 N–H and O–H groups in total. The van der Waals surface area contributed by atoms with Gasteiger partial charge in [-0.2, -0.15) is 0 Å². The van der Waals surface area contributed by atoms with Gasteiger partial charge in [-0.05, 0) is 30.7 Å². The van der Waals surface area contributed by atoms with Gasteiger partial charge >= 0.3 is 5.97 Å². The molecular weight excluding hydrogens is 294 g/mol. The molecule has 0 unspecified atom stereocenters. The molecule has 5 nitrogen and oxygen atoms in total. The number of carboxylic acids is 1. The summed E-state index contributed by atoms with van der Waals surface area (Å²) in [6.45, 7) is 2.13.